The number of likely N-dealkylation sites (tertiary alicyclic amines) is 1. The average Bonchev–Trinajstić information content (AvgIpc) is 3.43. The number of nitrogens with zero attached hydrogens (tertiary/aromatic N) is 4. The summed E-state index contributed by atoms with van der Waals surface area (Å²) in [4.78, 5) is 29.5. The van der Waals surface area contributed by atoms with Gasteiger partial charge in [0, 0.05) is 48.9 Å². The second-order valence-electron chi connectivity index (χ2n) is 9.92. The Bertz CT molecular complexity index is 1550. The number of hydrogen-bond donors (Lipinski definition) is 1. The lowest BCUT2D eigenvalue weighted by Gasteiger charge is -2.32. The highest BCUT2D eigenvalue weighted by molar-refractivity contribution is 7.14. The van der Waals surface area contributed by atoms with Gasteiger partial charge in [-0.05, 0) is 36.6 Å². The van der Waals surface area contributed by atoms with Crippen LogP contribution in [0.5, 0.6) is 5.75 Å². The Morgan fingerprint density at radius 3 is 2.75 bits per heavy atom. The summed E-state index contributed by atoms with van der Waals surface area (Å²) in [7, 11) is 0. The molecule has 204 valence electrons. The van der Waals surface area contributed by atoms with Gasteiger partial charge in [-0.2, -0.15) is 0 Å². The van der Waals surface area contributed by atoms with Crippen molar-refractivity contribution in [3.63, 3.8) is 0 Å². The van der Waals surface area contributed by atoms with Crippen molar-refractivity contribution in [2.75, 3.05) is 25.0 Å². The number of nitrogens with one attached hydrogen (secondary N) is 1. The van der Waals surface area contributed by atoms with Gasteiger partial charge < -0.3 is 10.1 Å². The van der Waals surface area contributed by atoms with Gasteiger partial charge >= 0.3 is 0 Å². The van der Waals surface area contributed by atoms with Gasteiger partial charge in [0.1, 0.15) is 35.2 Å². The maximum absolute atomic E-state index is 13.5. The maximum Gasteiger partial charge on any atom is 0.183 e. The first-order valence-electron chi connectivity index (χ1n) is 13.2. The van der Waals surface area contributed by atoms with E-state index in [0.29, 0.717) is 40.1 Å². The summed E-state index contributed by atoms with van der Waals surface area (Å²) in [5.41, 5.74) is 4.16. The Morgan fingerprint density at radius 1 is 1.12 bits per heavy atom. The van der Waals surface area contributed by atoms with Crippen LogP contribution in [0.15, 0.2) is 71.2 Å². The molecule has 2 aromatic heterocycles. The zero-order valence-electron chi connectivity index (χ0n) is 21.6. The van der Waals surface area contributed by atoms with Crippen LogP contribution in [0.3, 0.4) is 0 Å². The summed E-state index contributed by atoms with van der Waals surface area (Å²) >= 11 is 7.38. The van der Waals surface area contributed by atoms with Crippen LogP contribution in [0, 0.1) is 5.82 Å². The zero-order valence-corrected chi connectivity index (χ0v) is 23.2. The molecule has 1 fully saturated rings. The standard InChI is InChI=1S/C30H27ClFN5O2S/c31-24-15-22(6-7-25(24)32)39-17-21-14-27(38)23-8-11-33-29(28(23)34-21)26-18-40-30(36-26)35-20-9-12-37(13-10-20)16-19-4-2-1-3-5-19/h1-8,11,15,18,20H,9-10,12-14,16-17H2,(H,35,36). The molecule has 0 saturated carbocycles. The number of benzene rings is 2. The number of pyridine rings is 1. The molecular formula is C30H27ClFN5O2S. The second kappa shape index (κ2) is 11.8. The predicted molar refractivity (Wildman–Crippen MR) is 157 cm³/mol. The molecule has 0 radical (unpaired) electrons. The number of ether oxygens (including phenoxy) is 1. The van der Waals surface area contributed by atoms with E-state index in [9.17, 15) is 9.18 Å². The zero-order chi connectivity index (χ0) is 27.5. The number of thiazole rings is 1. The van der Waals surface area contributed by atoms with Crippen molar-refractivity contribution >= 4 is 45.3 Å². The molecule has 10 heteroatoms. The number of hydrogen-bond acceptors (Lipinski definition) is 8. The van der Waals surface area contributed by atoms with Gasteiger partial charge in [0.25, 0.3) is 0 Å². The first-order valence-corrected chi connectivity index (χ1v) is 14.4. The van der Waals surface area contributed by atoms with Crippen molar-refractivity contribution in [3.05, 3.63) is 88.1 Å². The van der Waals surface area contributed by atoms with Gasteiger partial charge in [0.05, 0.1) is 17.2 Å². The number of fused-ring (bicyclic) bond motifs is 1. The number of anilines is 1. The number of Topliss-reactive ketones (excluding diaryl/α,β-unsaturated/α-hetero) is 1. The van der Waals surface area contributed by atoms with Crippen molar-refractivity contribution in [1.29, 1.82) is 0 Å². The predicted octanol–water partition coefficient (Wildman–Crippen LogP) is 6.81. The van der Waals surface area contributed by atoms with Crippen LogP contribution < -0.4 is 10.1 Å². The van der Waals surface area contributed by atoms with Gasteiger partial charge in [0.15, 0.2) is 10.9 Å². The van der Waals surface area contributed by atoms with Crippen LogP contribution in [0.2, 0.25) is 5.02 Å². The molecule has 2 aromatic carbocycles. The molecule has 2 aliphatic rings. The SMILES string of the molecule is O=C1CC(COc2ccc(F)c(Cl)c2)=Nc2c1ccnc2-c1csc(NC2CCN(Cc3ccccc3)CC2)n1. The number of ketones is 1. The molecule has 4 heterocycles. The molecule has 2 aliphatic heterocycles. The molecule has 4 aromatic rings. The maximum atomic E-state index is 13.5. The van der Waals surface area contributed by atoms with Crippen LogP contribution in [0.25, 0.3) is 11.4 Å². The molecule has 7 nitrogen and oxygen atoms in total. The summed E-state index contributed by atoms with van der Waals surface area (Å²) in [6.45, 7) is 3.12. The molecule has 0 atom stereocenters. The van der Waals surface area contributed by atoms with Crippen molar-refractivity contribution in [2.24, 2.45) is 4.99 Å². The van der Waals surface area contributed by atoms with E-state index in [1.165, 1.54) is 35.1 Å². The Labute approximate surface area is 240 Å². The fourth-order valence-electron chi connectivity index (χ4n) is 4.97. The Balaban J connectivity index is 1.12. The third kappa shape index (κ3) is 6.06. The number of aliphatic imine (C=N–C) groups is 1. The topological polar surface area (TPSA) is 79.7 Å². The van der Waals surface area contributed by atoms with Crippen molar-refractivity contribution in [3.8, 4) is 17.1 Å². The monoisotopic (exact) mass is 575 g/mol. The van der Waals surface area contributed by atoms with Crippen molar-refractivity contribution < 1.29 is 13.9 Å². The Kier molecular flexibility index (Phi) is 7.86. The molecule has 0 amide bonds. The highest BCUT2D eigenvalue weighted by Crippen LogP contribution is 2.37. The van der Waals surface area contributed by atoms with E-state index in [1.54, 1.807) is 12.3 Å². The van der Waals surface area contributed by atoms with E-state index < -0.39 is 5.82 Å². The summed E-state index contributed by atoms with van der Waals surface area (Å²) < 4.78 is 19.2. The van der Waals surface area contributed by atoms with E-state index >= 15 is 0 Å². The number of carbonyl (C=O) groups is 1. The highest BCUT2D eigenvalue weighted by Gasteiger charge is 2.26. The molecule has 0 spiro atoms. The summed E-state index contributed by atoms with van der Waals surface area (Å²) in [5.74, 6) is -0.172. The van der Waals surface area contributed by atoms with Gasteiger partial charge in [-0.3, -0.25) is 19.7 Å². The van der Waals surface area contributed by atoms with Gasteiger partial charge in [-0.25, -0.2) is 9.37 Å². The number of carbonyl (C=O) groups excluding carboxylic acids is 1. The largest absolute Gasteiger partial charge is 0.488 e. The lowest BCUT2D eigenvalue weighted by atomic mass is 9.99. The van der Waals surface area contributed by atoms with Gasteiger partial charge in [0.2, 0.25) is 0 Å². The van der Waals surface area contributed by atoms with Crippen LogP contribution >= 0.6 is 22.9 Å². The first kappa shape index (κ1) is 26.6. The Morgan fingerprint density at radius 2 is 1.95 bits per heavy atom. The average molecular weight is 576 g/mol. The number of aromatic nitrogens is 2. The van der Waals surface area contributed by atoms with E-state index in [1.807, 2.05) is 11.4 Å². The third-order valence-electron chi connectivity index (χ3n) is 7.07. The normalized spacial score (nSPS) is 15.9. The smallest absolute Gasteiger partial charge is 0.183 e. The van der Waals surface area contributed by atoms with Crippen LogP contribution in [0.4, 0.5) is 15.2 Å². The second-order valence-corrected chi connectivity index (χ2v) is 11.2. The quantitative estimate of drug-likeness (QED) is 0.248. The van der Waals surface area contributed by atoms with E-state index in [2.05, 4.69) is 39.5 Å². The van der Waals surface area contributed by atoms with Crippen LogP contribution in [0.1, 0.15) is 35.2 Å². The summed E-state index contributed by atoms with van der Waals surface area (Å²) in [6.07, 6.45) is 3.85. The minimum Gasteiger partial charge on any atom is -0.488 e. The van der Waals surface area contributed by atoms with Gasteiger partial charge in [-0.1, -0.05) is 41.9 Å². The van der Waals surface area contributed by atoms with E-state index in [0.717, 1.165) is 37.6 Å². The molecule has 40 heavy (non-hydrogen) atoms. The fourth-order valence-corrected chi connectivity index (χ4v) is 5.92. The molecule has 0 aliphatic carbocycles. The van der Waals surface area contributed by atoms with E-state index in [4.69, 9.17) is 26.3 Å². The fraction of sp³-hybridized carbons (Fsp3) is 0.267. The van der Waals surface area contributed by atoms with E-state index in [-0.39, 0.29) is 23.8 Å². The Hall–Kier alpha value is -3.66. The van der Waals surface area contributed by atoms with Gasteiger partial charge in [-0.15, -0.1) is 11.3 Å². The number of rotatable bonds is 8. The molecule has 6 rings (SSSR count). The molecular weight excluding hydrogens is 549 g/mol. The molecule has 0 bridgehead atoms. The van der Waals surface area contributed by atoms with Crippen LogP contribution in [-0.2, 0) is 6.54 Å². The number of piperidine rings is 1. The van der Waals surface area contributed by atoms with Crippen LogP contribution in [-0.4, -0.2) is 52.1 Å². The lowest BCUT2D eigenvalue weighted by Crippen LogP contribution is -2.38. The third-order valence-corrected chi connectivity index (χ3v) is 8.13. The summed E-state index contributed by atoms with van der Waals surface area (Å²) in [5, 5.41) is 6.34. The first-order chi connectivity index (χ1) is 19.5. The highest BCUT2D eigenvalue weighted by atomic mass is 35.5. The minimum absolute atomic E-state index is 0.0262. The van der Waals surface area contributed by atoms with Crippen molar-refractivity contribution in [1.82, 2.24) is 14.9 Å². The molecule has 1 saturated heterocycles. The summed E-state index contributed by atoms with van der Waals surface area (Å²) in [6, 6.07) is 16.7. The lowest BCUT2D eigenvalue weighted by molar-refractivity contribution is 0.0998. The molecule has 0 unspecified atom stereocenters. The van der Waals surface area contributed by atoms with Crippen molar-refractivity contribution in [2.45, 2.75) is 31.8 Å². The molecule has 1 N–H and O–H groups in total. The minimum atomic E-state index is -0.519. The number of halogens is 2.